The Morgan fingerprint density at radius 3 is 2.48 bits per heavy atom. The van der Waals surface area contributed by atoms with Gasteiger partial charge in [0.05, 0.1) is 10.4 Å². The molecule has 2 aliphatic heterocycles. The summed E-state index contributed by atoms with van der Waals surface area (Å²) in [5.41, 5.74) is 0.617. The molecule has 2 aromatic rings. The fraction of sp³-hybridized carbons (Fsp3) is 0.636. The molecular formula is C22H31N3O5S. The standard InChI is InChI=1S/C22H31N3O5S/c1-15-5-4-8-23(11-15)21(26)14-25-19-7-6-18(10-20(19)30-22(25)27)31(28,29)24-12-16(2)9-17(3)13-24/h6-7,10,15-17H,4-5,8-9,11-14H2,1-3H3/t15-,16+,17+/m1/s1. The summed E-state index contributed by atoms with van der Waals surface area (Å²) in [4.78, 5) is 27.1. The number of amides is 1. The second kappa shape index (κ2) is 8.43. The van der Waals surface area contributed by atoms with Crippen molar-refractivity contribution in [2.75, 3.05) is 26.2 Å². The van der Waals surface area contributed by atoms with Crippen molar-refractivity contribution in [1.29, 1.82) is 0 Å². The fourth-order valence-corrected chi connectivity index (χ4v) is 6.65. The Balaban J connectivity index is 1.60. The van der Waals surface area contributed by atoms with Gasteiger partial charge < -0.3 is 9.32 Å². The third-order valence-corrected chi connectivity index (χ3v) is 8.24. The second-order valence-corrected chi connectivity index (χ2v) is 11.4. The van der Waals surface area contributed by atoms with Gasteiger partial charge in [-0.05, 0) is 49.1 Å². The third-order valence-electron chi connectivity index (χ3n) is 6.42. The summed E-state index contributed by atoms with van der Waals surface area (Å²) < 4.78 is 34.5. The maximum absolute atomic E-state index is 13.2. The van der Waals surface area contributed by atoms with Crippen LogP contribution in [-0.2, 0) is 21.4 Å². The van der Waals surface area contributed by atoms with Gasteiger partial charge in [0.15, 0.2) is 5.58 Å². The van der Waals surface area contributed by atoms with Gasteiger partial charge in [-0.1, -0.05) is 20.8 Å². The lowest BCUT2D eigenvalue weighted by atomic mass is 9.94. The van der Waals surface area contributed by atoms with Crippen molar-refractivity contribution in [1.82, 2.24) is 13.8 Å². The van der Waals surface area contributed by atoms with Crippen molar-refractivity contribution < 1.29 is 17.6 Å². The van der Waals surface area contributed by atoms with Crippen molar-refractivity contribution >= 4 is 27.0 Å². The second-order valence-electron chi connectivity index (χ2n) is 9.44. The van der Waals surface area contributed by atoms with E-state index in [-0.39, 0.29) is 22.9 Å². The number of aromatic nitrogens is 1. The molecule has 9 heteroatoms. The number of fused-ring (bicyclic) bond motifs is 1. The molecule has 2 fully saturated rings. The Morgan fingerprint density at radius 1 is 1.10 bits per heavy atom. The number of sulfonamides is 1. The SMILES string of the molecule is C[C@@H]1CCCN(C(=O)Cn2c(=O)oc3cc(S(=O)(=O)N4C[C@@H](C)C[C@H](C)C4)ccc32)C1. The number of carbonyl (C=O) groups excluding carboxylic acids is 1. The number of rotatable bonds is 4. The molecule has 31 heavy (non-hydrogen) atoms. The molecule has 8 nitrogen and oxygen atoms in total. The number of hydrogen-bond acceptors (Lipinski definition) is 5. The molecule has 2 saturated heterocycles. The molecular weight excluding hydrogens is 418 g/mol. The maximum Gasteiger partial charge on any atom is 0.420 e. The fourth-order valence-electron chi connectivity index (χ4n) is 4.96. The van der Waals surface area contributed by atoms with Crippen LogP contribution >= 0.6 is 0 Å². The van der Waals surface area contributed by atoms with Gasteiger partial charge in [-0.2, -0.15) is 4.31 Å². The van der Waals surface area contributed by atoms with Gasteiger partial charge in [0, 0.05) is 32.2 Å². The molecule has 3 atom stereocenters. The van der Waals surface area contributed by atoms with Crippen LogP contribution in [0.2, 0.25) is 0 Å². The molecule has 2 aliphatic rings. The first kappa shape index (κ1) is 22.1. The highest BCUT2D eigenvalue weighted by molar-refractivity contribution is 7.89. The quantitative estimate of drug-likeness (QED) is 0.715. The molecule has 3 heterocycles. The average Bonchev–Trinajstić information content (AvgIpc) is 3.01. The highest BCUT2D eigenvalue weighted by atomic mass is 32.2. The van der Waals surface area contributed by atoms with E-state index in [1.807, 2.05) is 0 Å². The predicted molar refractivity (Wildman–Crippen MR) is 117 cm³/mol. The van der Waals surface area contributed by atoms with Crippen molar-refractivity contribution in [3.63, 3.8) is 0 Å². The number of piperidine rings is 2. The van der Waals surface area contributed by atoms with E-state index in [1.54, 1.807) is 11.0 Å². The maximum atomic E-state index is 13.2. The predicted octanol–water partition coefficient (Wildman–Crippen LogP) is 2.52. The van der Waals surface area contributed by atoms with E-state index in [1.165, 1.54) is 21.0 Å². The zero-order valence-corrected chi connectivity index (χ0v) is 19.2. The average molecular weight is 450 g/mol. The van der Waals surface area contributed by atoms with Gasteiger partial charge in [0.2, 0.25) is 15.9 Å². The number of hydrogen-bond donors (Lipinski definition) is 0. The molecule has 0 aliphatic carbocycles. The van der Waals surface area contributed by atoms with Gasteiger partial charge in [0.1, 0.15) is 6.54 Å². The summed E-state index contributed by atoms with van der Waals surface area (Å²) in [6, 6.07) is 4.47. The largest absolute Gasteiger partial charge is 0.420 e. The van der Waals surface area contributed by atoms with Crippen molar-refractivity contribution in [3.05, 3.63) is 28.7 Å². The molecule has 170 valence electrons. The normalized spacial score (nSPS) is 25.8. The number of oxazole rings is 1. The Labute approximate surface area is 182 Å². The van der Waals surface area contributed by atoms with Crippen molar-refractivity contribution in [2.24, 2.45) is 17.8 Å². The molecule has 0 unspecified atom stereocenters. The number of nitrogens with zero attached hydrogens (tertiary/aromatic N) is 3. The van der Waals surface area contributed by atoms with Crippen LogP contribution in [0.25, 0.3) is 11.1 Å². The number of carbonyl (C=O) groups is 1. The highest BCUT2D eigenvalue weighted by Crippen LogP contribution is 2.28. The summed E-state index contributed by atoms with van der Waals surface area (Å²) in [6.45, 7) is 8.48. The molecule has 0 N–H and O–H groups in total. The summed E-state index contributed by atoms with van der Waals surface area (Å²) in [5, 5.41) is 0. The Kier molecular flexibility index (Phi) is 6.00. The molecule has 0 spiro atoms. The lowest BCUT2D eigenvalue weighted by Gasteiger charge is -2.34. The Hall–Kier alpha value is -2.13. The molecule has 0 radical (unpaired) electrons. The van der Waals surface area contributed by atoms with Crippen LogP contribution in [0, 0.1) is 17.8 Å². The number of likely N-dealkylation sites (tertiary alicyclic amines) is 1. The minimum absolute atomic E-state index is 0.105. The van der Waals surface area contributed by atoms with E-state index >= 15 is 0 Å². The van der Waals surface area contributed by atoms with Crippen molar-refractivity contribution in [2.45, 2.75) is 51.5 Å². The summed E-state index contributed by atoms with van der Waals surface area (Å²) in [7, 11) is -3.68. The highest BCUT2D eigenvalue weighted by Gasteiger charge is 2.32. The summed E-state index contributed by atoms with van der Waals surface area (Å²) >= 11 is 0. The first-order valence-corrected chi connectivity index (χ1v) is 12.5. The van der Waals surface area contributed by atoms with Crippen LogP contribution in [0.5, 0.6) is 0 Å². The monoisotopic (exact) mass is 449 g/mol. The van der Waals surface area contributed by atoms with Crippen molar-refractivity contribution in [3.8, 4) is 0 Å². The molecule has 1 aromatic carbocycles. The van der Waals surface area contributed by atoms with E-state index in [4.69, 9.17) is 4.42 Å². The van der Waals surface area contributed by atoms with Gasteiger partial charge >= 0.3 is 5.76 Å². The van der Waals surface area contributed by atoms with E-state index in [0.29, 0.717) is 49.4 Å². The summed E-state index contributed by atoms with van der Waals surface area (Å²) in [5.74, 6) is 0.269. The van der Waals surface area contributed by atoms with Gasteiger partial charge in [0.25, 0.3) is 0 Å². The Bertz CT molecular complexity index is 1130. The van der Waals surface area contributed by atoms with E-state index in [9.17, 15) is 18.0 Å². The smallest absolute Gasteiger partial charge is 0.408 e. The number of benzene rings is 1. The van der Waals surface area contributed by atoms with Crippen LogP contribution in [-0.4, -0.2) is 54.3 Å². The molecule has 1 aromatic heterocycles. The molecule has 0 bridgehead atoms. The van der Waals surface area contributed by atoms with E-state index in [0.717, 1.165) is 19.3 Å². The van der Waals surface area contributed by atoms with Gasteiger partial charge in [-0.3, -0.25) is 9.36 Å². The van der Waals surface area contributed by atoms with Crippen LogP contribution in [0.3, 0.4) is 0 Å². The zero-order valence-electron chi connectivity index (χ0n) is 18.4. The lowest BCUT2D eigenvalue weighted by molar-refractivity contribution is -0.133. The van der Waals surface area contributed by atoms with E-state index < -0.39 is 15.8 Å². The zero-order chi connectivity index (χ0) is 22.3. The Morgan fingerprint density at radius 2 is 1.81 bits per heavy atom. The molecule has 0 saturated carbocycles. The first-order valence-electron chi connectivity index (χ1n) is 11.1. The first-order chi connectivity index (χ1) is 14.6. The molecule has 1 amide bonds. The molecule has 4 rings (SSSR count). The van der Waals surface area contributed by atoms with Crippen LogP contribution in [0.15, 0.2) is 32.3 Å². The lowest BCUT2D eigenvalue weighted by Crippen LogP contribution is -2.42. The van der Waals surface area contributed by atoms with Gasteiger partial charge in [-0.25, -0.2) is 13.2 Å². The van der Waals surface area contributed by atoms with E-state index in [2.05, 4.69) is 20.8 Å². The van der Waals surface area contributed by atoms with Crippen LogP contribution in [0.1, 0.15) is 40.0 Å². The third kappa shape index (κ3) is 4.43. The van der Waals surface area contributed by atoms with Crippen LogP contribution < -0.4 is 5.76 Å². The minimum atomic E-state index is -3.68. The topological polar surface area (TPSA) is 92.8 Å². The summed E-state index contributed by atoms with van der Waals surface area (Å²) in [6.07, 6.45) is 3.07. The minimum Gasteiger partial charge on any atom is -0.408 e. The van der Waals surface area contributed by atoms with Crippen LogP contribution in [0.4, 0.5) is 0 Å². The van der Waals surface area contributed by atoms with Gasteiger partial charge in [-0.15, -0.1) is 0 Å².